The summed E-state index contributed by atoms with van der Waals surface area (Å²) in [4.78, 5) is 10.9. The second-order valence-electron chi connectivity index (χ2n) is 3.31. The molecule has 0 fully saturated rings. The number of carbonyl (C=O) groups excluding carboxylic acids is 1. The molecule has 0 saturated carbocycles. The Bertz CT molecular complexity index is 354. The van der Waals surface area contributed by atoms with Crippen LogP contribution in [0.15, 0.2) is 30.3 Å². The van der Waals surface area contributed by atoms with Gasteiger partial charge in [-0.3, -0.25) is 0 Å². The van der Waals surface area contributed by atoms with E-state index in [4.69, 9.17) is 0 Å². The summed E-state index contributed by atoms with van der Waals surface area (Å²) in [6, 6.07) is 8.07. The van der Waals surface area contributed by atoms with Gasteiger partial charge in [0.05, 0.1) is 7.11 Å². The van der Waals surface area contributed by atoms with Crippen LogP contribution in [0.3, 0.4) is 0 Å². The number of methoxy groups -OCH3 is 1. The fraction of sp³-hybridized carbons (Fsp3) is 0.471. The number of hydrogen-bond donors (Lipinski definition) is 0. The minimum atomic E-state index is -0.318. The SMILES string of the molecule is CC.CC.CCCc1ccccc1/C=C/C(=O)OC. The van der Waals surface area contributed by atoms with Crippen molar-refractivity contribution >= 4 is 12.0 Å². The number of hydrogen-bond acceptors (Lipinski definition) is 2. The molecule has 0 aliphatic rings. The lowest BCUT2D eigenvalue weighted by molar-refractivity contribution is -0.134. The first-order valence-electron chi connectivity index (χ1n) is 7.12. The molecule has 0 unspecified atom stereocenters. The average Bonchev–Trinajstić information content (AvgIpc) is 2.50. The van der Waals surface area contributed by atoms with Crippen molar-refractivity contribution in [3.8, 4) is 0 Å². The molecule has 0 aliphatic carbocycles. The second-order valence-corrected chi connectivity index (χ2v) is 3.31. The normalized spacial score (nSPS) is 8.95. The van der Waals surface area contributed by atoms with Crippen LogP contribution in [-0.4, -0.2) is 13.1 Å². The molecule has 0 bridgehead atoms. The van der Waals surface area contributed by atoms with E-state index < -0.39 is 0 Å². The Balaban J connectivity index is 0. The van der Waals surface area contributed by atoms with Gasteiger partial charge in [-0.05, 0) is 23.6 Å². The van der Waals surface area contributed by atoms with Crippen molar-refractivity contribution in [1.29, 1.82) is 0 Å². The molecule has 2 nitrogen and oxygen atoms in total. The van der Waals surface area contributed by atoms with Crippen molar-refractivity contribution in [2.45, 2.75) is 47.5 Å². The number of rotatable bonds is 4. The smallest absolute Gasteiger partial charge is 0.330 e. The van der Waals surface area contributed by atoms with Crippen LogP contribution >= 0.6 is 0 Å². The van der Waals surface area contributed by atoms with Gasteiger partial charge < -0.3 is 4.74 Å². The van der Waals surface area contributed by atoms with Gasteiger partial charge in [0.15, 0.2) is 0 Å². The summed E-state index contributed by atoms with van der Waals surface area (Å²) >= 11 is 0. The molecule has 0 N–H and O–H groups in total. The van der Waals surface area contributed by atoms with Gasteiger partial charge in [-0.25, -0.2) is 4.79 Å². The molecule has 0 amide bonds. The molecule has 0 saturated heterocycles. The molecule has 19 heavy (non-hydrogen) atoms. The summed E-state index contributed by atoms with van der Waals surface area (Å²) in [5.41, 5.74) is 2.35. The molecule has 2 heteroatoms. The molecule has 1 aromatic rings. The van der Waals surface area contributed by atoms with Gasteiger partial charge in [-0.2, -0.15) is 0 Å². The molecule has 1 aromatic carbocycles. The van der Waals surface area contributed by atoms with E-state index in [0.717, 1.165) is 18.4 Å². The summed E-state index contributed by atoms with van der Waals surface area (Å²) in [5.74, 6) is -0.318. The average molecular weight is 264 g/mol. The number of aryl methyl sites for hydroxylation is 1. The van der Waals surface area contributed by atoms with Crippen molar-refractivity contribution < 1.29 is 9.53 Å². The van der Waals surface area contributed by atoms with E-state index in [0.29, 0.717) is 0 Å². The summed E-state index contributed by atoms with van der Waals surface area (Å²) in [6.07, 6.45) is 5.39. The maximum Gasteiger partial charge on any atom is 0.330 e. The number of esters is 1. The van der Waals surface area contributed by atoms with Crippen LogP contribution in [0.1, 0.15) is 52.2 Å². The van der Waals surface area contributed by atoms with Crippen LogP contribution in [0.4, 0.5) is 0 Å². The Kier molecular flexibility index (Phi) is 15.1. The predicted octanol–water partition coefficient (Wildman–Crippen LogP) is 4.88. The third kappa shape index (κ3) is 9.06. The summed E-state index contributed by atoms with van der Waals surface area (Å²) in [7, 11) is 1.38. The maximum atomic E-state index is 10.9. The van der Waals surface area contributed by atoms with Crippen LogP contribution in [-0.2, 0) is 16.0 Å². The lowest BCUT2D eigenvalue weighted by Gasteiger charge is -2.03. The highest BCUT2D eigenvalue weighted by Crippen LogP contribution is 2.12. The van der Waals surface area contributed by atoms with E-state index in [-0.39, 0.29) is 5.97 Å². The molecule has 0 heterocycles. The number of carbonyl (C=O) groups is 1. The van der Waals surface area contributed by atoms with E-state index in [2.05, 4.69) is 17.7 Å². The van der Waals surface area contributed by atoms with Crippen molar-refractivity contribution in [3.63, 3.8) is 0 Å². The van der Waals surface area contributed by atoms with E-state index in [1.165, 1.54) is 18.7 Å². The van der Waals surface area contributed by atoms with Gasteiger partial charge in [0.1, 0.15) is 0 Å². The van der Waals surface area contributed by atoms with Crippen LogP contribution in [0, 0.1) is 0 Å². The molecule has 0 atom stereocenters. The van der Waals surface area contributed by atoms with Gasteiger partial charge in [0, 0.05) is 6.08 Å². The molecular formula is C17H28O2. The predicted molar refractivity (Wildman–Crippen MR) is 84.2 cm³/mol. The van der Waals surface area contributed by atoms with E-state index in [1.54, 1.807) is 6.08 Å². The number of ether oxygens (including phenoxy) is 1. The van der Waals surface area contributed by atoms with Gasteiger partial charge in [-0.15, -0.1) is 0 Å². The van der Waals surface area contributed by atoms with E-state index in [1.807, 2.05) is 45.9 Å². The Labute approximate surface area is 118 Å². The van der Waals surface area contributed by atoms with E-state index in [9.17, 15) is 4.79 Å². The minimum Gasteiger partial charge on any atom is -0.466 e. The highest BCUT2D eigenvalue weighted by atomic mass is 16.5. The largest absolute Gasteiger partial charge is 0.466 e. The standard InChI is InChI=1S/C13H16O2.2C2H6/c1-3-6-11-7-4-5-8-12(11)9-10-13(14)15-2;2*1-2/h4-5,7-10H,3,6H2,1-2H3;2*1-2H3/b10-9+;;. The van der Waals surface area contributed by atoms with Gasteiger partial charge in [0.25, 0.3) is 0 Å². The molecule has 1 rings (SSSR count). The lowest BCUT2D eigenvalue weighted by atomic mass is 10.0. The maximum absolute atomic E-state index is 10.9. The van der Waals surface area contributed by atoms with Crippen LogP contribution < -0.4 is 0 Å². The first-order valence-corrected chi connectivity index (χ1v) is 7.12. The summed E-state index contributed by atoms with van der Waals surface area (Å²) < 4.78 is 4.55. The fourth-order valence-electron chi connectivity index (χ4n) is 1.42. The Morgan fingerprint density at radius 2 is 1.74 bits per heavy atom. The fourth-order valence-corrected chi connectivity index (χ4v) is 1.42. The molecule has 0 aromatic heterocycles. The highest BCUT2D eigenvalue weighted by Gasteiger charge is 1.98. The van der Waals surface area contributed by atoms with Crippen molar-refractivity contribution in [1.82, 2.24) is 0 Å². The Morgan fingerprint density at radius 3 is 2.26 bits per heavy atom. The highest BCUT2D eigenvalue weighted by molar-refractivity contribution is 5.87. The van der Waals surface area contributed by atoms with Crippen molar-refractivity contribution in [3.05, 3.63) is 41.5 Å². The molecule has 0 radical (unpaired) electrons. The van der Waals surface area contributed by atoms with Crippen LogP contribution in [0.2, 0.25) is 0 Å². The summed E-state index contributed by atoms with van der Waals surface area (Å²) in [6.45, 7) is 10.1. The summed E-state index contributed by atoms with van der Waals surface area (Å²) in [5, 5.41) is 0. The lowest BCUT2D eigenvalue weighted by Crippen LogP contribution is -1.94. The first-order chi connectivity index (χ1) is 9.27. The van der Waals surface area contributed by atoms with Crippen molar-refractivity contribution in [2.24, 2.45) is 0 Å². The number of benzene rings is 1. The van der Waals surface area contributed by atoms with Crippen molar-refractivity contribution in [2.75, 3.05) is 7.11 Å². The molecule has 108 valence electrons. The monoisotopic (exact) mass is 264 g/mol. The topological polar surface area (TPSA) is 26.3 Å². The Hall–Kier alpha value is -1.57. The zero-order valence-corrected chi connectivity index (χ0v) is 13.2. The van der Waals surface area contributed by atoms with Gasteiger partial charge in [-0.1, -0.05) is 65.3 Å². The zero-order chi connectivity index (χ0) is 15.1. The third-order valence-electron chi connectivity index (χ3n) is 2.17. The first kappa shape index (κ1) is 19.8. The van der Waals surface area contributed by atoms with E-state index >= 15 is 0 Å². The van der Waals surface area contributed by atoms with Crippen LogP contribution in [0.25, 0.3) is 6.08 Å². The minimum absolute atomic E-state index is 0.318. The molecule has 0 spiro atoms. The molecule has 0 aliphatic heterocycles. The molecular weight excluding hydrogens is 236 g/mol. The zero-order valence-electron chi connectivity index (χ0n) is 13.2. The van der Waals surface area contributed by atoms with Crippen LogP contribution in [0.5, 0.6) is 0 Å². The third-order valence-corrected chi connectivity index (χ3v) is 2.17. The second kappa shape index (κ2) is 14.5. The van der Waals surface area contributed by atoms with Gasteiger partial charge in [0.2, 0.25) is 0 Å². The quantitative estimate of drug-likeness (QED) is 0.572. The Morgan fingerprint density at radius 1 is 1.16 bits per heavy atom. The van der Waals surface area contributed by atoms with Gasteiger partial charge >= 0.3 is 5.97 Å².